The van der Waals surface area contributed by atoms with Gasteiger partial charge in [-0.05, 0) is 123 Å². The molecule has 0 unspecified atom stereocenters. The first-order valence-electron chi connectivity index (χ1n) is 28.1. The van der Waals surface area contributed by atoms with Gasteiger partial charge >= 0.3 is 0 Å². The van der Waals surface area contributed by atoms with E-state index in [1.807, 2.05) is 152 Å². The van der Waals surface area contributed by atoms with E-state index in [9.17, 15) is 5.48 Å². The summed E-state index contributed by atoms with van der Waals surface area (Å²) in [5.41, 5.74) is 11.2. The minimum Gasteiger partial charge on any atom is -0.455 e. The van der Waals surface area contributed by atoms with Gasteiger partial charge in [0, 0.05) is 61.2 Å². The fourth-order valence-electron chi connectivity index (χ4n) is 10.1. The van der Waals surface area contributed by atoms with Gasteiger partial charge in [-0.2, -0.15) is 0 Å². The van der Waals surface area contributed by atoms with E-state index in [4.69, 9.17) is 23.5 Å². The molecule has 7 aromatic carbocycles. The summed E-state index contributed by atoms with van der Waals surface area (Å²) in [7, 11) is 0. The third-order valence-corrected chi connectivity index (χ3v) is 13.9. The van der Waals surface area contributed by atoms with Gasteiger partial charge in [0.15, 0.2) is 0 Å². The van der Waals surface area contributed by atoms with E-state index in [1.54, 1.807) is 36.4 Å². The molecule has 0 amide bonds. The Morgan fingerprint density at radius 3 is 1.46 bits per heavy atom. The Balaban J connectivity index is 1.03. The average molecular weight is 941 g/mol. The maximum absolute atomic E-state index is 10.1. The van der Waals surface area contributed by atoms with Crippen molar-refractivity contribution < 1.29 is 14.0 Å². The lowest BCUT2D eigenvalue weighted by Gasteiger charge is -2.28. The SMILES string of the molecule is [2H]C([2H])([2H])c1ccccc1-c1cc(-c2cccc3c2oc2c(-c4ccccc4)cccc23)ncc1C([2H])([2H])C([2H])([2H])c1cc(CC(C)(C)c2ccc(-c3ccccc3)nc2)cc(CC(C)(C)c2ccc(-c3ccccc3)nc2)c1. The van der Waals surface area contributed by atoms with Crippen LogP contribution in [0.25, 0.3) is 78.0 Å². The number of hydrogen-bond donors (Lipinski definition) is 0. The zero-order valence-electron chi connectivity index (χ0n) is 47.9. The van der Waals surface area contributed by atoms with Crippen molar-refractivity contribution in [1.29, 1.82) is 0 Å². The largest absolute Gasteiger partial charge is 0.455 e. The van der Waals surface area contributed by atoms with Crippen molar-refractivity contribution in [2.75, 3.05) is 0 Å². The van der Waals surface area contributed by atoms with E-state index >= 15 is 0 Å². The molecule has 4 heterocycles. The van der Waals surface area contributed by atoms with Crippen molar-refractivity contribution in [3.05, 3.63) is 258 Å². The van der Waals surface area contributed by atoms with Crippen LogP contribution in [-0.2, 0) is 36.4 Å². The molecule has 0 N–H and O–H groups in total. The van der Waals surface area contributed by atoms with Gasteiger partial charge in [-0.25, -0.2) is 0 Å². The van der Waals surface area contributed by atoms with Crippen LogP contribution >= 0.6 is 0 Å². The van der Waals surface area contributed by atoms with Gasteiger partial charge in [-0.15, -0.1) is 0 Å². The van der Waals surface area contributed by atoms with Crippen molar-refractivity contribution in [2.24, 2.45) is 0 Å². The maximum atomic E-state index is 10.1. The molecule has 0 fully saturated rings. The number of benzene rings is 7. The van der Waals surface area contributed by atoms with Crippen LogP contribution in [0.1, 0.15) is 76.2 Å². The first kappa shape index (κ1) is 38.5. The van der Waals surface area contributed by atoms with Gasteiger partial charge in [-0.3, -0.25) is 15.0 Å². The summed E-state index contributed by atoms with van der Waals surface area (Å²) in [6, 6.07) is 64.1. The Kier molecular flexibility index (Phi) is 10.5. The lowest BCUT2D eigenvalue weighted by Crippen LogP contribution is -2.23. The monoisotopic (exact) mass is 941 g/mol. The topological polar surface area (TPSA) is 51.8 Å². The summed E-state index contributed by atoms with van der Waals surface area (Å²) in [6.07, 6.45) is 0.675. The molecule has 0 saturated carbocycles. The number of rotatable bonds is 14. The highest BCUT2D eigenvalue weighted by Gasteiger charge is 2.26. The van der Waals surface area contributed by atoms with Crippen LogP contribution in [0.15, 0.2) is 223 Å². The second kappa shape index (κ2) is 19.5. The summed E-state index contributed by atoms with van der Waals surface area (Å²) in [5.74, 6) is 0. The highest BCUT2D eigenvalue weighted by molar-refractivity contribution is 6.13. The van der Waals surface area contributed by atoms with Crippen LogP contribution in [-0.4, -0.2) is 15.0 Å². The third kappa shape index (κ3) is 9.53. The number of furan rings is 1. The van der Waals surface area contributed by atoms with E-state index in [1.165, 1.54) is 12.3 Å². The van der Waals surface area contributed by atoms with Gasteiger partial charge in [0.2, 0.25) is 0 Å². The highest BCUT2D eigenvalue weighted by Crippen LogP contribution is 2.41. The maximum Gasteiger partial charge on any atom is 0.144 e. The summed E-state index contributed by atoms with van der Waals surface area (Å²) < 4.78 is 73.3. The number of nitrogens with zero attached hydrogens (tertiary/aromatic N) is 3. The molecule has 11 rings (SSSR count). The predicted molar refractivity (Wildman–Crippen MR) is 299 cm³/mol. The van der Waals surface area contributed by atoms with Crippen LogP contribution in [0.2, 0.25) is 0 Å². The van der Waals surface area contributed by atoms with Crippen molar-refractivity contribution in [3.63, 3.8) is 0 Å². The number of aryl methyl sites for hydroxylation is 3. The smallest absolute Gasteiger partial charge is 0.144 e. The third-order valence-electron chi connectivity index (χ3n) is 13.9. The molecule has 4 heteroatoms. The number of hydrogen-bond acceptors (Lipinski definition) is 4. The molecule has 0 aliphatic carbocycles. The van der Waals surface area contributed by atoms with E-state index in [-0.39, 0.29) is 27.8 Å². The Morgan fingerprint density at radius 2 is 0.903 bits per heavy atom. The van der Waals surface area contributed by atoms with E-state index < -0.39 is 30.4 Å². The van der Waals surface area contributed by atoms with Gasteiger partial charge in [-0.1, -0.05) is 204 Å². The second-order valence-corrected chi connectivity index (χ2v) is 20.0. The predicted octanol–water partition coefficient (Wildman–Crippen LogP) is 17.2. The molecule has 4 aromatic heterocycles. The minimum atomic E-state index is -2.79. The van der Waals surface area contributed by atoms with Crippen LogP contribution < -0.4 is 0 Å². The van der Waals surface area contributed by atoms with Crippen LogP contribution in [0, 0.1) is 6.85 Å². The molecular weight excluding hydrogens is 875 g/mol. The molecular formula is C68H59N3O. The Labute approximate surface area is 434 Å². The number of pyridine rings is 3. The zero-order chi connectivity index (χ0) is 55.3. The van der Waals surface area contributed by atoms with Gasteiger partial charge in [0.1, 0.15) is 11.2 Å². The Morgan fingerprint density at radius 1 is 0.417 bits per heavy atom. The summed E-state index contributed by atoms with van der Waals surface area (Å²) >= 11 is 0. The van der Waals surface area contributed by atoms with Crippen molar-refractivity contribution >= 4 is 21.9 Å². The molecule has 0 bridgehead atoms. The van der Waals surface area contributed by atoms with E-state index in [2.05, 4.69) is 45.9 Å². The summed E-state index contributed by atoms with van der Waals surface area (Å²) in [6.45, 7) is 5.99. The first-order chi connectivity index (χ1) is 37.8. The normalized spacial score (nSPS) is 13.9. The highest BCUT2D eigenvalue weighted by atomic mass is 16.3. The standard InChI is InChI=1S/C68H59N3O/c1-46-19-15-16-26-56(46)61-40-64(60-30-18-29-59-58-28-17-27-57(65(58)72-66(59)60)50-20-9-6-10-21-50)69-43-53(61)32-31-47-37-48(41-67(2,3)54-33-35-62(70-44-54)51-22-11-7-12-23-51)39-49(38-47)42-68(4,5)55-34-36-63(71-45-55)52-24-13-8-14-25-52/h6-30,33-40,43-45H,31-32,41-42H2,1-5H3/i1D3,31D2,32D2. The van der Waals surface area contributed by atoms with Crippen molar-refractivity contribution in [1.82, 2.24) is 15.0 Å². The molecule has 0 atom stereocenters. The molecule has 0 aliphatic rings. The zero-order valence-corrected chi connectivity index (χ0v) is 40.9. The molecule has 72 heavy (non-hydrogen) atoms. The minimum absolute atomic E-state index is 0.00513. The molecule has 11 aromatic rings. The molecule has 0 spiro atoms. The molecule has 0 aliphatic heterocycles. The van der Waals surface area contributed by atoms with Crippen LogP contribution in [0.5, 0.6) is 0 Å². The molecule has 4 nitrogen and oxygen atoms in total. The Hall–Kier alpha value is -8.21. The lowest BCUT2D eigenvalue weighted by molar-refractivity contribution is 0.512. The quantitative estimate of drug-likeness (QED) is 0.109. The van der Waals surface area contributed by atoms with Crippen LogP contribution in [0.3, 0.4) is 0 Å². The molecule has 0 saturated heterocycles. The molecule has 0 radical (unpaired) electrons. The van der Waals surface area contributed by atoms with E-state index in [0.717, 1.165) is 66.7 Å². The fourth-order valence-corrected chi connectivity index (χ4v) is 10.1. The lowest BCUT2D eigenvalue weighted by atomic mass is 9.77. The summed E-state index contributed by atoms with van der Waals surface area (Å²) in [4.78, 5) is 14.7. The fraction of sp³-hybridized carbons (Fsp3) is 0.162. The first-order valence-corrected chi connectivity index (χ1v) is 24.6. The Bertz CT molecular complexity index is 3870. The van der Waals surface area contributed by atoms with Crippen molar-refractivity contribution in [2.45, 2.75) is 71.0 Å². The van der Waals surface area contributed by atoms with Gasteiger partial charge < -0.3 is 4.42 Å². The number of para-hydroxylation sites is 2. The average Bonchev–Trinajstić information content (AvgIpc) is 3.95. The molecule has 352 valence electrons. The van der Waals surface area contributed by atoms with Gasteiger partial charge in [0.05, 0.1) is 17.1 Å². The number of fused-ring (bicyclic) bond motifs is 3. The van der Waals surface area contributed by atoms with Gasteiger partial charge in [0.25, 0.3) is 0 Å². The van der Waals surface area contributed by atoms with E-state index in [0.29, 0.717) is 35.3 Å². The number of aromatic nitrogens is 3. The van der Waals surface area contributed by atoms with Crippen LogP contribution in [0.4, 0.5) is 0 Å². The van der Waals surface area contributed by atoms with Crippen molar-refractivity contribution in [3.8, 4) is 56.0 Å². The second-order valence-electron chi connectivity index (χ2n) is 20.0. The summed E-state index contributed by atoms with van der Waals surface area (Å²) in [5, 5.41) is 1.77.